The van der Waals surface area contributed by atoms with Gasteiger partial charge in [-0.05, 0) is 37.3 Å². The van der Waals surface area contributed by atoms with Gasteiger partial charge in [0.15, 0.2) is 5.78 Å². The second-order valence-electron chi connectivity index (χ2n) is 8.44. The second-order valence-corrected chi connectivity index (χ2v) is 8.44. The topological polar surface area (TPSA) is 116 Å². The van der Waals surface area contributed by atoms with E-state index in [9.17, 15) is 9.59 Å². The van der Waals surface area contributed by atoms with Gasteiger partial charge in [-0.2, -0.15) is 0 Å². The summed E-state index contributed by atoms with van der Waals surface area (Å²) in [6.07, 6.45) is 1.64. The minimum Gasteiger partial charge on any atom is -0.497 e. The summed E-state index contributed by atoms with van der Waals surface area (Å²) in [7, 11) is 3.18. The fourth-order valence-corrected chi connectivity index (χ4v) is 4.40. The highest BCUT2D eigenvalue weighted by Crippen LogP contribution is 2.34. The first-order valence-electron chi connectivity index (χ1n) is 11.8. The fraction of sp³-hybridized carbons (Fsp3) is 0.259. The van der Waals surface area contributed by atoms with E-state index in [-0.39, 0.29) is 11.3 Å². The van der Waals surface area contributed by atoms with Crippen molar-refractivity contribution < 1.29 is 23.4 Å². The number of Topliss-reactive ketones (excluding diaryl/α,β-unsaturated/α-hetero) is 1. The van der Waals surface area contributed by atoms with Crippen LogP contribution in [0.25, 0.3) is 22.2 Å². The molecule has 0 atom stereocenters. The highest BCUT2D eigenvalue weighted by atomic mass is 16.5. The lowest BCUT2D eigenvalue weighted by Crippen LogP contribution is -2.38. The van der Waals surface area contributed by atoms with Gasteiger partial charge >= 0.3 is 5.63 Å². The minimum atomic E-state index is -0.663. The highest BCUT2D eigenvalue weighted by Gasteiger charge is 2.24. The number of hydrogen-bond donors (Lipinski definition) is 1. The van der Waals surface area contributed by atoms with E-state index in [0.29, 0.717) is 71.8 Å². The number of fused-ring (bicyclic) bond motifs is 1. The number of aromatic nitrogens is 2. The predicted octanol–water partition coefficient (Wildman–Crippen LogP) is 4.05. The molecule has 4 aromatic rings. The lowest BCUT2D eigenvalue weighted by molar-refractivity contribution is 0.101. The third-order valence-corrected chi connectivity index (χ3v) is 6.16. The van der Waals surface area contributed by atoms with Crippen LogP contribution >= 0.6 is 0 Å². The van der Waals surface area contributed by atoms with Crippen LogP contribution in [-0.2, 0) is 4.74 Å². The number of carbonyl (C=O) groups excluding carboxylic acids is 1. The molecule has 0 bridgehead atoms. The maximum Gasteiger partial charge on any atom is 0.349 e. The SMILES string of the molecule is COc1ccc(-c2ccnc(Nc3ccc4c(N5CCOCC5)c(C(C)=O)c(=O)oc4c3)n2)c(OC)c1. The third kappa shape index (κ3) is 4.83. The van der Waals surface area contributed by atoms with Gasteiger partial charge in [0.2, 0.25) is 5.95 Å². The molecule has 1 aliphatic heterocycles. The van der Waals surface area contributed by atoms with Crippen molar-refractivity contribution in [3.8, 4) is 22.8 Å². The van der Waals surface area contributed by atoms with Gasteiger partial charge in [-0.15, -0.1) is 0 Å². The summed E-state index contributed by atoms with van der Waals surface area (Å²) in [5, 5.41) is 3.85. The van der Waals surface area contributed by atoms with E-state index in [1.165, 1.54) is 6.92 Å². The van der Waals surface area contributed by atoms with Crippen LogP contribution in [-0.4, -0.2) is 56.3 Å². The Labute approximate surface area is 212 Å². The molecule has 0 radical (unpaired) electrons. The second kappa shape index (κ2) is 10.3. The van der Waals surface area contributed by atoms with Crippen LogP contribution in [0.1, 0.15) is 17.3 Å². The van der Waals surface area contributed by atoms with Crippen molar-refractivity contribution in [3.63, 3.8) is 0 Å². The summed E-state index contributed by atoms with van der Waals surface area (Å²) in [6.45, 7) is 3.57. The first-order chi connectivity index (χ1) is 18.0. The van der Waals surface area contributed by atoms with Crippen molar-refractivity contribution >= 4 is 34.1 Å². The number of methoxy groups -OCH3 is 2. The number of ketones is 1. The average molecular weight is 503 g/mol. The van der Waals surface area contributed by atoms with E-state index >= 15 is 0 Å². The first kappa shape index (κ1) is 24.3. The number of hydrogen-bond acceptors (Lipinski definition) is 10. The van der Waals surface area contributed by atoms with Crippen LogP contribution in [0.3, 0.4) is 0 Å². The zero-order chi connectivity index (χ0) is 25.9. The molecule has 5 rings (SSSR count). The molecule has 1 N–H and O–H groups in total. The van der Waals surface area contributed by atoms with Crippen molar-refractivity contribution in [1.29, 1.82) is 0 Å². The molecule has 10 heteroatoms. The number of morpholine rings is 1. The van der Waals surface area contributed by atoms with Crippen LogP contribution in [0.5, 0.6) is 11.5 Å². The van der Waals surface area contributed by atoms with Crippen LogP contribution in [0.4, 0.5) is 17.3 Å². The normalized spacial score (nSPS) is 13.4. The van der Waals surface area contributed by atoms with E-state index in [4.69, 9.17) is 18.6 Å². The summed E-state index contributed by atoms with van der Waals surface area (Å²) in [6, 6.07) is 12.6. The van der Waals surface area contributed by atoms with Crippen molar-refractivity contribution in [3.05, 3.63) is 64.6 Å². The number of rotatable bonds is 7. The van der Waals surface area contributed by atoms with E-state index in [1.807, 2.05) is 29.2 Å². The van der Waals surface area contributed by atoms with Gasteiger partial charge in [0.1, 0.15) is 22.6 Å². The van der Waals surface area contributed by atoms with Gasteiger partial charge in [0, 0.05) is 48.1 Å². The Bertz CT molecular complexity index is 1530. The molecule has 2 aromatic heterocycles. The molecule has 0 spiro atoms. The van der Waals surface area contributed by atoms with Crippen molar-refractivity contribution in [1.82, 2.24) is 9.97 Å². The van der Waals surface area contributed by atoms with Crippen molar-refractivity contribution in [2.24, 2.45) is 0 Å². The van der Waals surface area contributed by atoms with Gasteiger partial charge in [-0.1, -0.05) is 0 Å². The maximum atomic E-state index is 12.8. The summed E-state index contributed by atoms with van der Waals surface area (Å²) >= 11 is 0. The molecule has 190 valence electrons. The summed E-state index contributed by atoms with van der Waals surface area (Å²) in [5.41, 5.74) is 2.39. The van der Waals surface area contributed by atoms with Crippen LogP contribution in [0, 0.1) is 0 Å². The van der Waals surface area contributed by atoms with E-state index in [2.05, 4.69) is 15.3 Å². The quantitative estimate of drug-likeness (QED) is 0.293. The Morgan fingerprint density at radius 1 is 1.05 bits per heavy atom. The van der Waals surface area contributed by atoms with Gasteiger partial charge in [-0.25, -0.2) is 14.8 Å². The Kier molecular flexibility index (Phi) is 6.74. The van der Waals surface area contributed by atoms with E-state index < -0.39 is 5.63 Å². The van der Waals surface area contributed by atoms with Gasteiger partial charge < -0.3 is 28.8 Å². The zero-order valence-electron chi connectivity index (χ0n) is 20.7. The molecule has 1 fully saturated rings. The molecular formula is C27H26N4O6. The Hall–Kier alpha value is -4.44. The average Bonchev–Trinajstić information content (AvgIpc) is 2.92. The Morgan fingerprint density at radius 3 is 2.59 bits per heavy atom. The summed E-state index contributed by atoms with van der Waals surface area (Å²) in [4.78, 5) is 36.1. The Morgan fingerprint density at radius 2 is 1.86 bits per heavy atom. The summed E-state index contributed by atoms with van der Waals surface area (Å²) < 4.78 is 21.8. The van der Waals surface area contributed by atoms with Crippen molar-refractivity contribution in [2.75, 3.05) is 50.7 Å². The molecule has 37 heavy (non-hydrogen) atoms. The van der Waals surface area contributed by atoms with Crippen LogP contribution in [0.2, 0.25) is 0 Å². The lowest BCUT2D eigenvalue weighted by Gasteiger charge is -2.30. The molecule has 3 heterocycles. The molecule has 1 aliphatic rings. The van der Waals surface area contributed by atoms with Crippen LogP contribution in [0.15, 0.2) is 57.9 Å². The fourth-order valence-electron chi connectivity index (χ4n) is 4.40. The van der Waals surface area contributed by atoms with E-state index in [1.54, 1.807) is 38.6 Å². The standard InChI is InChI=1S/C27H26N4O6/c1-16(32)24-25(31-10-12-36-13-11-31)20-6-4-17(14-23(20)37-26(24)33)29-27-28-9-8-21(30-27)19-7-5-18(34-2)15-22(19)35-3/h4-9,14-15H,10-13H2,1-3H3,(H,28,29,30). The molecule has 0 saturated carbocycles. The number of benzene rings is 2. The monoisotopic (exact) mass is 502 g/mol. The molecule has 2 aromatic carbocycles. The number of carbonyl (C=O) groups is 1. The van der Waals surface area contributed by atoms with Crippen molar-refractivity contribution in [2.45, 2.75) is 6.92 Å². The van der Waals surface area contributed by atoms with Gasteiger partial charge in [0.05, 0.1) is 38.8 Å². The number of anilines is 3. The number of ether oxygens (including phenoxy) is 3. The van der Waals surface area contributed by atoms with Gasteiger partial charge in [-0.3, -0.25) is 4.79 Å². The van der Waals surface area contributed by atoms with E-state index in [0.717, 1.165) is 5.56 Å². The van der Waals surface area contributed by atoms with Crippen LogP contribution < -0.4 is 25.3 Å². The molecular weight excluding hydrogens is 476 g/mol. The molecule has 0 aliphatic carbocycles. The molecule has 1 saturated heterocycles. The lowest BCUT2D eigenvalue weighted by atomic mass is 10.1. The predicted molar refractivity (Wildman–Crippen MR) is 139 cm³/mol. The largest absolute Gasteiger partial charge is 0.497 e. The summed E-state index contributed by atoms with van der Waals surface area (Å²) in [5.74, 6) is 1.31. The molecule has 0 amide bonds. The third-order valence-electron chi connectivity index (χ3n) is 6.16. The maximum absolute atomic E-state index is 12.8. The number of nitrogens with one attached hydrogen (secondary N) is 1. The minimum absolute atomic E-state index is 0.0552. The first-order valence-corrected chi connectivity index (χ1v) is 11.8. The molecule has 0 unspecified atom stereocenters. The number of nitrogens with zero attached hydrogens (tertiary/aromatic N) is 3. The zero-order valence-corrected chi connectivity index (χ0v) is 20.7. The smallest absolute Gasteiger partial charge is 0.349 e. The highest BCUT2D eigenvalue weighted by molar-refractivity contribution is 6.07. The molecule has 10 nitrogen and oxygen atoms in total. The van der Waals surface area contributed by atoms with Gasteiger partial charge in [0.25, 0.3) is 0 Å². The Balaban J connectivity index is 1.51.